The van der Waals surface area contributed by atoms with Crippen molar-refractivity contribution in [3.8, 4) is 0 Å². The first kappa shape index (κ1) is 9.78. The molecule has 1 aromatic carbocycles. The van der Waals surface area contributed by atoms with Gasteiger partial charge in [0.25, 0.3) is 0 Å². The Kier molecular flexibility index (Phi) is 3.50. The lowest BCUT2D eigenvalue weighted by Gasteiger charge is -2.08. The first-order valence-corrected chi connectivity index (χ1v) is 4.49. The van der Waals surface area contributed by atoms with Crippen molar-refractivity contribution in [2.24, 2.45) is 0 Å². The van der Waals surface area contributed by atoms with Crippen LogP contribution in [-0.4, -0.2) is 13.3 Å². The van der Waals surface area contributed by atoms with Gasteiger partial charge in [-0.25, -0.2) is 0 Å². The van der Waals surface area contributed by atoms with Gasteiger partial charge in [0.05, 0.1) is 0 Å². The largest absolute Gasteiger partial charge is 0.388 e. The SMILES string of the molecule is CNc1cc(C)ccc1CCC=O. The monoisotopic (exact) mass is 177 g/mol. The number of carbonyl (C=O) groups excluding carboxylic acids is 1. The quantitative estimate of drug-likeness (QED) is 0.714. The number of aryl methyl sites for hydroxylation is 2. The molecule has 0 saturated carbocycles. The maximum Gasteiger partial charge on any atom is 0.120 e. The molecule has 0 saturated heterocycles. The predicted molar refractivity (Wildman–Crippen MR) is 55.1 cm³/mol. The highest BCUT2D eigenvalue weighted by atomic mass is 16.1. The van der Waals surface area contributed by atoms with E-state index in [1.807, 2.05) is 7.05 Å². The summed E-state index contributed by atoms with van der Waals surface area (Å²) in [5.41, 5.74) is 3.57. The maximum atomic E-state index is 10.2. The van der Waals surface area contributed by atoms with Gasteiger partial charge in [-0.3, -0.25) is 0 Å². The molecule has 0 aliphatic rings. The molecule has 0 heterocycles. The average molecular weight is 177 g/mol. The highest BCUT2D eigenvalue weighted by Gasteiger charge is 1.99. The molecule has 0 radical (unpaired) electrons. The van der Waals surface area contributed by atoms with E-state index in [-0.39, 0.29) is 0 Å². The van der Waals surface area contributed by atoms with E-state index in [2.05, 4.69) is 30.4 Å². The van der Waals surface area contributed by atoms with Gasteiger partial charge in [0, 0.05) is 19.2 Å². The lowest BCUT2D eigenvalue weighted by molar-refractivity contribution is -0.107. The van der Waals surface area contributed by atoms with Crippen LogP contribution in [-0.2, 0) is 11.2 Å². The molecule has 0 aliphatic carbocycles. The smallest absolute Gasteiger partial charge is 0.120 e. The second kappa shape index (κ2) is 4.65. The minimum atomic E-state index is 0.595. The summed E-state index contributed by atoms with van der Waals surface area (Å²) in [4.78, 5) is 10.2. The summed E-state index contributed by atoms with van der Waals surface area (Å²) < 4.78 is 0. The molecular formula is C11H15NO. The van der Waals surface area contributed by atoms with E-state index in [4.69, 9.17) is 0 Å². The summed E-state index contributed by atoms with van der Waals surface area (Å²) in [5.74, 6) is 0. The summed E-state index contributed by atoms with van der Waals surface area (Å²) >= 11 is 0. The van der Waals surface area contributed by atoms with E-state index in [0.717, 1.165) is 18.4 Å². The van der Waals surface area contributed by atoms with Crippen LogP contribution >= 0.6 is 0 Å². The zero-order valence-electron chi connectivity index (χ0n) is 8.13. The molecule has 0 unspecified atom stereocenters. The van der Waals surface area contributed by atoms with Crippen LogP contribution in [0.25, 0.3) is 0 Å². The van der Waals surface area contributed by atoms with Crippen molar-refractivity contribution in [2.45, 2.75) is 19.8 Å². The first-order chi connectivity index (χ1) is 6.27. The molecule has 2 heteroatoms. The molecule has 0 amide bonds. The molecule has 2 nitrogen and oxygen atoms in total. The Labute approximate surface area is 79.0 Å². The van der Waals surface area contributed by atoms with Crippen molar-refractivity contribution in [1.82, 2.24) is 0 Å². The van der Waals surface area contributed by atoms with Gasteiger partial charge >= 0.3 is 0 Å². The number of nitrogens with one attached hydrogen (secondary N) is 1. The molecule has 1 N–H and O–H groups in total. The molecule has 1 rings (SSSR count). The molecule has 0 atom stereocenters. The maximum absolute atomic E-state index is 10.2. The Bertz CT molecular complexity index is 294. The van der Waals surface area contributed by atoms with Crippen LogP contribution in [0.4, 0.5) is 5.69 Å². The number of benzene rings is 1. The van der Waals surface area contributed by atoms with Crippen LogP contribution in [0.2, 0.25) is 0 Å². The number of hydrogen-bond acceptors (Lipinski definition) is 2. The molecule has 70 valence electrons. The minimum absolute atomic E-state index is 0.595. The second-order valence-corrected chi connectivity index (χ2v) is 3.12. The fraction of sp³-hybridized carbons (Fsp3) is 0.364. The van der Waals surface area contributed by atoms with E-state index in [1.54, 1.807) is 0 Å². The van der Waals surface area contributed by atoms with Crippen LogP contribution in [0.1, 0.15) is 17.5 Å². The van der Waals surface area contributed by atoms with Crippen LogP contribution in [0.3, 0.4) is 0 Å². The lowest BCUT2D eigenvalue weighted by Crippen LogP contribution is -1.96. The normalized spacial score (nSPS) is 9.69. The Morgan fingerprint density at radius 1 is 1.46 bits per heavy atom. The predicted octanol–water partition coefficient (Wildman–Crippen LogP) is 2.17. The van der Waals surface area contributed by atoms with E-state index >= 15 is 0 Å². The van der Waals surface area contributed by atoms with E-state index in [9.17, 15) is 4.79 Å². The Hall–Kier alpha value is -1.31. The van der Waals surface area contributed by atoms with Gasteiger partial charge in [-0.2, -0.15) is 0 Å². The molecule has 0 bridgehead atoms. The second-order valence-electron chi connectivity index (χ2n) is 3.12. The van der Waals surface area contributed by atoms with Gasteiger partial charge in [0.15, 0.2) is 0 Å². The third-order valence-electron chi connectivity index (χ3n) is 2.07. The minimum Gasteiger partial charge on any atom is -0.388 e. The van der Waals surface area contributed by atoms with Crippen LogP contribution in [0.5, 0.6) is 0 Å². The van der Waals surface area contributed by atoms with Crippen molar-refractivity contribution in [2.75, 3.05) is 12.4 Å². The Morgan fingerprint density at radius 3 is 2.85 bits per heavy atom. The zero-order chi connectivity index (χ0) is 9.68. The highest BCUT2D eigenvalue weighted by Crippen LogP contribution is 2.17. The number of anilines is 1. The highest BCUT2D eigenvalue weighted by molar-refractivity contribution is 5.56. The van der Waals surface area contributed by atoms with Crippen molar-refractivity contribution < 1.29 is 4.79 Å². The van der Waals surface area contributed by atoms with Crippen molar-refractivity contribution in [3.05, 3.63) is 29.3 Å². The summed E-state index contributed by atoms with van der Waals surface area (Å²) in [6.07, 6.45) is 2.37. The molecule has 13 heavy (non-hydrogen) atoms. The van der Waals surface area contributed by atoms with Crippen molar-refractivity contribution >= 4 is 12.0 Å². The average Bonchev–Trinajstić information content (AvgIpc) is 2.16. The third kappa shape index (κ3) is 2.58. The standard InChI is InChI=1S/C11H15NO/c1-9-5-6-10(4-3-7-13)11(8-9)12-2/h5-8,12H,3-4H2,1-2H3. The number of aldehydes is 1. The lowest BCUT2D eigenvalue weighted by atomic mass is 10.1. The van der Waals surface area contributed by atoms with Gasteiger partial charge in [-0.05, 0) is 30.5 Å². The summed E-state index contributed by atoms with van der Waals surface area (Å²) in [6, 6.07) is 6.24. The van der Waals surface area contributed by atoms with E-state index < -0.39 is 0 Å². The molecular weight excluding hydrogens is 162 g/mol. The number of rotatable bonds is 4. The van der Waals surface area contributed by atoms with Crippen LogP contribution in [0.15, 0.2) is 18.2 Å². The number of carbonyl (C=O) groups is 1. The topological polar surface area (TPSA) is 29.1 Å². The summed E-state index contributed by atoms with van der Waals surface area (Å²) in [5, 5.41) is 3.13. The van der Waals surface area contributed by atoms with Crippen molar-refractivity contribution in [1.29, 1.82) is 0 Å². The van der Waals surface area contributed by atoms with Gasteiger partial charge in [-0.15, -0.1) is 0 Å². The fourth-order valence-electron chi connectivity index (χ4n) is 1.36. The Morgan fingerprint density at radius 2 is 2.23 bits per heavy atom. The number of hydrogen-bond donors (Lipinski definition) is 1. The molecule has 0 aliphatic heterocycles. The van der Waals surface area contributed by atoms with E-state index in [1.165, 1.54) is 11.1 Å². The molecule has 0 fully saturated rings. The first-order valence-electron chi connectivity index (χ1n) is 4.49. The summed E-state index contributed by atoms with van der Waals surface area (Å²) in [7, 11) is 1.90. The Balaban J connectivity index is 2.85. The van der Waals surface area contributed by atoms with Crippen LogP contribution in [0, 0.1) is 6.92 Å². The van der Waals surface area contributed by atoms with Gasteiger partial charge in [-0.1, -0.05) is 12.1 Å². The summed E-state index contributed by atoms with van der Waals surface area (Å²) in [6.45, 7) is 2.06. The van der Waals surface area contributed by atoms with Crippen LogP contribution < -0.4 is 5.32 Å². The molecule has 0 aromatic heterocycles. The van der Waals surface area contributed by atoms with Gasteiger partial charge in [0.2, 0.25) is 0 Å². The zero-order valence-corrected chi connectivity index (χ0v) is 8.13. The van der Waals surface area contributed by atoms with Gasteiger partial charge < -0.3 is 10.1 Å². The van der Waals surface area contributed by atoms with E-state index in [0.29, 0.717) is 6.42 Å². The fourth-order valence-corrected chi connectivity index (χ4v) is 1.36. The third-order valence-corrected chi connectivity index (χ3v) is 2.07. The molecule has 1 aromatic rings. The molecule has 0 spiro atoms. The van der Waals surface area contributed by atoms with Gasteiger partial charge in [0.1, 0.15) is 6.29 Å². The van der Waals surface area contributed by atoms with Crippen molar-refractivity contribution in [3.63, 3.8) is 0 Å².